The first-order valence-corrected chi connectivity index (χ1v) is 10.6. The Hall–Kier alpha value is -3.36. The topological polar surface area (TPSA) is 108 Å². The van der Waals surface area contributed by atoms with Crippen molar-refractivity contribution in [1.29, 1.82) is 0 Å². The number of ether oxygens (including phenoxy) is 2. The van der Waals surface area contributed by atoms with Crippen molar-refractivity contribution in [3.63, 3.8) is 0 Å². The number of rotatable bonds is 7. The van der Waals surface area contributed by atoms with Crippen LogP contribution in [0.3, 0.4) is 0 Å². The highest BCUT2D eigenvalue weighted by atomic mass is 32.2. The second kappa shape index (κ2) is 8.98. The first kappa shape index (κ1) is 21.4. The molecule has 0 aromatic heterocycles. The van der Waals surface area contributed by atoms with Crippen LogP contribution in [0.5, 0.6) is 11.5 Å². The van der Waals surface area contributed by atoms with Gasteiger partial charge in [0.2, 0.25) is 10.0 Å². The molecule has 0 fully saturated rings. The number of nitrogens with one attached hydrogen (secondary N) is 1. The van der Waals surface area contributed by atoms with Crippen LogP contribution in [0, 0.1) is 6.92 Å². The predicted octanol–water partition coefficient (Wildman–Crippen LogP) is 3.48. The van der Waals surface area contributed by atoms with Crippen LogP contribution >= 0.6 is 0 Å². The minimum absolute atomic E-state index is 0.0273. The van der Waals surface area contributed by atoms with Gasteiger partial charge in [0.15, 0.2) is 0 Å². The summed E-state index contributed by atoms with van der Waals surface area (Å²) in [5.74, 6) is 0.973. The highest BCUT2D eigenvalue weighted by Gasteiger charge is 2.13. The van der Waals surface area contributed by atoms with E-state index in [9.17, 15) is 13.2 Å². The van der Waals surface area contributed by atoms with Gasteiger partial charge in [-0.15, -0.1) is 0 Å². The number of anilines is 1. The minimum Gasteiger partial charge on any atom is -0.496 e. The summed E-state index contributed by atoms with van der Waals surface area (Å²) < 4.78 is 33.8. The molecule has 0 heterocycles. The van der Waals surface area contributed by atoms with Gasteiger partial charge in [-0.05, 0) is 61.5 Å². The molecule has 0 aliphatic heterocycles. The van der Waals surface area contributed by atoms with Gasteiger partial charge in [-0.2, -0.15) is 0 Å². The van der Waals surface area contributed by atoms with E-state index < -0.39 is 10.0 Å². The molecule has 8 heteroatoms. The Morgan fingerprint density at radius 2 is 1.67 bits per heavy atom. The normalized spacial score (nSPS) is 11.0. The van der Waals surface area contributed by atoms with Gasteiger partial charge in [0, 0.05) is 16.8 Å². The van der Waals surface area contributed by atoms with Crippen molar-refractivity contribution < 1.29 is 22.7 Å². The molecule has 0 unspecified atom stereocenters. The van der Waals surface area contributed by atoms with Crippen LogP contribution in [0.15, 0.2) is 71.6 Å². The zero-order valence-corrected chi connectivity index (χ0v) is 17.4. The van der Waals surface area contributed by atoms with Gasteiger partial charge in [-0.3, -0.25) is 4.79 Å². The molecule has 0 spiro atoms. The largest absolute Gasteiger partial charge is 0.496 e. The molecule has 0 aliphatic rings. The van der Waals surface area contributed by atoms with E-state index in [-0.39, 0.29) is 17.4 Å². The van der Waals surface area contributed by atoms with E-state index in [1.807, 2.05) is 31.2 Å². The smallest absolute Gasteiger partial charge is 0.255 e. The number of hydrogen-bond acceptors (Lipinski definition) is 5. The molecule has 0 saturated heterocycles. The van der Waals surface area contributed by atoms with Gasteiger partial charge in [0.1, 0.15) is 18.1 Å². The van der Waals surface area contributed by atoms with E-state index in [0.717, 1.165) is 11.1 Å². The maximum absolute atomic E-state index is 12.6. The summed E-state index contributed by atoms with van der Waals surface area (Å²) in [4.78, 5) is 12.6. The Bertz CT molecular complexity index is 1140. The van der Waals surface area contributed by atoms with Gasteiger partial charge in [-0.25, -0.2) is 13.6 Å². The molecule has 3 aromatic rings. The molecule has 3 N–H and O–H groups in total. The Kier molecular flexibility index (Phi) is 6.39. The van der Waals surface area contributed by atoms with Gasteiger partial charge in [0.05, 0.1) is 12.0 Å². The second-order valence-electron chi connectivity index (χ2n) is 6.65. The number of nitrogens with two attached hydrogens (primary N) is 1. The summed E-state index contributed by atoms with van der Waals surface area (Å²) in [6, 6.07) is 18.3. The monoisotopic (exact) mass is 426 g/mol. The van der Waals surface area contributed by atoms with E-state index in [2.05, 4.69) is 5.32 Å². The average Bonchev–Trinajstić information content (AvgIpc) is 2.73. The average molecular weight is 426 g/mol. The van der Waals surface area contributed by atoms with Gasteiger partial charge in [0.25, 0.3) is 5.91 Å². The third-order valence-corrected chi connectivity index (χ3v) is 5.33. The lowest BCUT2D eigenvalue weighted by Crippen LogP contribution is -2.14. The van der Waals surface area contributed by atoms with Crippen molar-refractivity contribution in [1.82, 2.24) is 0 Å². The zero-order chi connectivity index (χ0) is 21.7. The number of hydrogen-bond donors (Lipinski definition) is 2. The van der Waals surface area contributed by atoms with Gasteiger partial charge < -0.3 is 14.8 Å². The maximum atomic E-state index is 12.6. The number of aryl methyl sites for hydroxylation is 1. The Labute approximate surface area is 175 Å². The highest BCUT2D eigenvalue weighted by molar-refractivity contribution is 7.89. The van der Waals surface area contributed by atoms with Gasteiger partial charge >= 0.3 is 0 Å². The molecule has 156 valence electrons. The first-order chi connectivity index (χ1) is 14.3. The van der Waals surface area contributed by atoms with Crippen LogP contribution in [0.2, 0.25) is 0 Å². The van der Waals surface area contributed by atoms with E-state index in [1.54, 1.807) is 25.3 Å². The van der Waals surface area contributed by atoms with E-state index in [1.165, 1.54) is 24.3 Å². The summed E-state index contributed by atoms with van der Waals surface area (Å²) in [6.45, 7) is 2.23. The maximum Gasteiger partial charge on any atom is 0.255 e. The van der Waals surface area contributed by atoms with Crippen molar-refractivity contribution >= 4 is 21.6 Å². The fraction of sp³-hybridized carbons (Fsp3) is 0.136. The molecule has 3 rings (SSSR count). The number of methoxy groups -OCH3 is 1. The first-order valence-electron chi connectivity index (χ1n) is 9.07. The number of carbonyl (C=O) groups is 1. The number of sulfonamides is 1. The third-order valence-electron chi connectivity index (χ3n) is 4.40. The van der Waals surface area contributed by atoms with E-state index in [4.69, 9.17) is 14.6 Å². The quantitative estimate of drug-likeness (QED) is 0.601. The fourth-order valence-electron chi connectivity index (χ4n) is 2.76. The van der Waals surface area contributed by atoms with Crippen LogP contribution < -0.4 is 19.9 Å². The molecule has 30 heavy (non-hydrogen) atoms. The molecular formula is C22H22N2O5S. The Morgan fingerprint density at radius 1 is 1.00 bits per heavy atom. The van der Waals surface area contributed by atoms with E-state index >= 15 is 0 Å². The molecule has 0 radical (unpaired) electrons. The summed E-state index contributed by atoms with van der Waals surface area (Å²) in [7, 11) is -2.23. The minimum atomic E-state index is -3.79. The zero-order valence-electron chi connectivity index (χ0n) is 16.6. The van der Waals surface area contributed by atoms with Crippen LogP contribution in [0.1, 0.15) is 21.5 Å². The number of primary sulfonamides is 1. The number of amides is 1. The van der Waals surface area contributed by atoms with Gasteiger partial charge in [-0.1, -0.05) is 17.7 Å². The Balaban J connectivity index is 1.74. The fourth-order valence-corrected chi connectivity index (χ4v) is 3.27. The predicted molar refractivity (Wildman–Crippen MR) is 114 cm³/mol. The second-order valence-corrected chi connectivity index (χ2v) is 8.21. The molecule has 0 atom stereocenters. The SMILES string of the molecule is COc1ccc(C(=O)Nc2ccc(S(N)(=O)=O)cc2)cc1COc1ccc(C)cc1. The molecule has 0 saturated carbocycles. The third kappa shape index (κ3) is 5.37. The molecule has 0 bridgehead atoms. The summed E-state index contributed by atoms with van der Waals surface area (Å²) in [5.41, 5.74) is 2.71. The summed E-state index contributed by atoms with van der Waals surface area (Å²) >= 11 is 0. The van der Waals surface area contributed by atoms with Crippen molar-refractivity contribution in [2.45, 2.75) is 18.4 Å². The van der Waals surface area contributed by atoms with Crippen LogP contribution in [-0.2, 0) is 16.6 Å². The molecule has 7 nitrogen and oxygen atoms in total. The Morgan fingerprint density at radius 3 is 2.27 bits per heavy atom. The number of carbonyl (C=O) groups excluding carboxylic acids is 1. The molecule has 3 aromatic carbocycles. The lowest BCUT2D eigenvalue weighted by atomic mass is 10.1. The van der Waals surface area contributed by atoms with Crippen molar-refractivity contribution in [3.8, 4) is 11.5 Å². The molecular weight excluding hydrogens is 404 g/mol. The van der Waals surface area contributed by atoms with Crippen LogP contribution in [0.25, 0.3) is 0 Å². The van der Waals surface area contributed by atoms with Crippen molar-refractivity contribution in [3.05, 3.63) is 83.4 Å². The summed E-state index contributed by atoms with van der Waals surface area (Å²) in [5, 5.41) is 7.81. The van der Waals surface area contributed by atoms with Crippen molar-refractivity contribution in [2.24, 2.45) is 5.14 Å². The van der Waals surface area contributed by atoms with Crippen molar-refractivity contribution in [2.75, 3.05) is 12.4 Å². The summed E-state index contributed by atoms with van der Waals surface area (Å²) in [6.07, 6.45) is 0. The highest BCUT2D eigenvalue weighted by Crippen LogP contribution is 2.23. The van der Waals surface area contributed by atoms with E-state index in [0.29, 0.717) is 22.7 Å². The van der Waals surface area contributed by atoms with Crippen LogP contribution in [0.4, 0.5) is 5.69 Å². The molecule has 0 aliphatic carbocycles. The lowest BCUT2D eigenvalue weighted by Gasteiger charge is -2.13. The molecule has 1 amide bonds. The number of benzene rings is 3. The lowest BCUT2D eigenvalue weighted by molar-refractivity contribution is 0.102. The standard InChI is InChI=1S/C22H22N2O5S/c1-15-3-8-19(9-4-15)29-14-17-13-16(5-12-21(17)28-2)22(25)24-18-6-10-20(11-7-18)30(23,26)27/h3-13H,14H2,1-2H3,(H,24,25)(H2,23,26,27). The van der Waals surface area contributed by atoms with Crippen LogP contribution in [-0.4, -0.2) is 21.4 Å².